The number of rotatable bonds is 4. The summed E-state index contributed by atoms with van der Waals surface area (Å²) in [5.74, 6) is 1.40. The Labute approximate surface area is 123 Å². The molecule has 0 spiro atoms. The zero-order valence-corrected chi connectivity index (χ0v) is 11.9. The Morgan fingerprint density at radius 2 is 2.00 bits per heavy atom. The number of benzene rings is 2. The minimum atomic E-state index is -0.166. The first-order valence-corrected chi connectivity index (χ1v) is 7.06. The fraction of sp³-hybridized carbons (Fsp3) is 0.294. The quantitative estimate of drug-likeness (QED) is 0.937. The van der Waals surface area contributed by atoms with E-state index < -0.39 is 0 Å². The van der Waals surface area contributed by atoms with Crippen molar-refractivity contribution in [3.05, 3.63) is 59.4 Å². The fourth-order valence-corrected chi connectivity index (χ4v) is 2.29. The molecular formula is C17H18FNO2. The summed E-state index contributed by atoms with van der Waals surface area (Å²) in [7, 11) is 0. The summed E-state index contributed by atoms with van der Waals surface area (Å²) < 4.78 is 25.0. The van der Waals surface area contributed by atoms with Crippen LogP contribution in [0, 0.1) is 12.7 Å². The van der Waals surface area contributed by atoms with Crippen LogP contribution in [0.5, 0.6) is 11.5 Å². The van der Waals surface area contributed by atoms with Crippen molar-refractivity contribution < 1.29 is 13.9 Å². The fourth-order valence-electron chi connectivity index (χ4n) is 2.29. The van der Waals surface area contributed by atoms with Crippen LogP contribution in [0.25, 0.3) is 0 Å². The lowest BCUT2D eigenvalue weighted by atomic mass is 10.1. The summed E-state index contributed by atoms with van der Waals surface area (Å²) >= 11 is 0. The van der Waals surface area contributed by atoms with Gasteiger partial charge in [0.2, 0.25) is 0 Å². The van der Waals surface area contributed by atoms with Crippen molar-refractivity contribution in [1.29, 1.82) is 0 Å². The molecule has 2 aromatic rings. The Morgan fingerprint density at radius 3 is 2.81 bits per heavy atom. The van der Waals surface area contributed by atoms with E-state index in [1.54, 1.807) is 19.1 Å². The number of fused-ring (bicyclic) bond motifs is 1. The highest BCUT2D eigenvalue weighted by Gasteiger charge is 2.19. The second kappa shape index (κ2) is 6.14. The topological polar surface area (TPSA) is 30.5 Å². The molecule has 2 aromatic carbocycles. The number of aryl methyl sites for hydroxylation is 1. The van der Waals surface area contributed by atoms with Gasteiger partial charge in [0.15, 0.2) is 11.5 Å². The molecule has 0 amide bonds. The second-order valence-corrected chi connectivity index (χ2v) is 5.21. The third-order valence-corrected chi connectivity index (χ3v) is 3.50. The molecule has 0 fully saturated rings. The summed E-state index contributed by atoms with van der Waals surface area (Å²) in [5, 5.41) is 3.28. The van der Waals surface area contributed by atoms with Gasteiger partial charge in [-0.05, 0) is 36.2 Å². The van der Waals surface area contributed by atoms with Crippen molar-refractivity contribution in [1.82, 2.24) is 5.32 Å². The minimum absolute atomic E-state index is 0.0322. The lowest BCUT2D eigenvalue weighted by molar-refractivity contribution is 0.0902. The van der Waals surface area contributed by atoms with E-state index in [1.165, 1.54) is 0 Å². The summed E-state index contributed by atoms with van der Waals surface area (Å²) in [5.41, 5.74) is 1.59. The van der Waals surface area contributed by atoms with Crippen LogP contribution >= 0.6 is 0 Å². The molecule has 1 atom stereocenters. The van der Waals surface area contributed by atoms with E-state index in [4.69, 9.17) is 9.47 Å². The Bertz CT molecular complexity index is 630. The summed E-state index contributed by atoms with van der Waals surface area (Å²) in [6.07, 6.45) is -0.0322. The van der Waals surface area contributed by atoms with Gasteiger partial charge in [-0.25, -0.2) is 4.39 Å². The van der Waals surface area contributed by atoms with Crippen molar-refractivity contribution in [2.24, 2.45) is 0 Å². The van der Waals surface area contributed by atoms with Gasteiger partial charge in [0.25, 0.3) is 0 Å². The van der Waals surface area contributed by atoms with E-state index in [9.17, 15) is 4.39 Å². The van der Waals surface area contributed by atoms with Gasteiger partial charge in [-0.3, -0.25) is 0 Å². The molecule has 1 aliphatic rings. The SMILES string of the molecule is Cc1ccc(CNCC2COc3ccccc3O2)cc1F. The lowest BCUT2D eigenvalue weighted by Crippen LogP contribution is -2.38. The third-order valence-electron chi connectivity index (χ3n) is 3.50. The molecule has 110 valence electrons. The van der Waals surface area contributed by atoms with Crippen molar-refractivity contribution in [2.45, 2.75) is 19.6 Å². The number of halogens is 1. The Balaban J connectivity index is 1.51. The van der Waals surface area contributed by atoms with Crippen LogP contribution in [-0.4, -0.2) is 19.3 Å². The number of para-hydroxylation sites is 2. The van der Waals surface area contributed by atoms with Crippen LogP contribution < -0.4 is 14.8 Å². The maximum absolute atomic E-state index is 13.5. The van der Waals surface area contributed by atoms with E-state index in [-0.39, 0.29) is 11.9 Å². The minimum Gasteiger partial charge on any atom is -0.486 e. The van der Waals surface area contributed by atoms with Crippen LogP contribution in [0.1, 0.15) is 11.1 Å². The Morgan fingerprint density at radius 1 is 1.19 bits per heavy atom. The highest BCUT2D eigenvalue weighted by atomic mass is 19.1. The first kappa shape index (κ1) is 13.9. The molecule has 0 radical (unpaired) electrons. The van der Waals surface area contributed by atoms with E-state index >= 15 is 0 Å². The monoisotopic (exact) mass is 287 g/mol. The van der Waals surface area contributed by atoms with Gasteiger partial charge in [-0.2, -0.15) is 0 Å². The van der Waals surface area contributed by atoms with Gasteiger partial charge in [0.05, 0.1) is 0 Å². The standard InChI is InChI=1S/C17H18FNO2/c1-12-6-7-13(8-15(12)18)9-19-10-14-11-20-16-4-2-3-5-17(16)21-14/h2-8,14,19H,9-11H2,1H3. The van der Waals surface area contributed by atoms with E-state index in [1.807, 2.05) is 30.3 Å². The predicted octanol–water partition coefficient (Wildman–Crippen LogP) is 3.06. The largest absolute Gasteiger partial charge is 0.486 e. The molecule has 0 saturated heterocycles. The Kier molecular flexibility index (Phi) is 4.06. The van der Waals surface area contributed by atoms with Crippen LogP contribution in [0.15, 0.2) is 42.5 Å². The molecule has 21 heavy (non-hydrogen) atoms. The molecule has 3 nitrogen and oxygen atoms in total. The van der Waals surface area contributed by atoms with Gasteiger partial charge in [0.1, 0.15) is 18.5 Å². The van der Waals surface area contributed by atoms with Crippen LogP contribution in [0.3, 0.4) is 0 Å². The molecule has 0 saturated carbocycles. The maximum atomic E-state index is 13.5. The summed E-state index contributed by atoms with van der Waals surface area (Å²) in [6.45, 7) is 3.55. The molecule has 4 heteroatoms. The molecule has 3 rings (SSSR count). The first-order valence-electron chi connectivity index (χ1n) is 7.06. The molecule has 0 aliphatic carbocycles. The molecule has 1 N–H and O–H groups in total. The molecule has 1 unspecified atom stereocenters. The number of nitrogens with one attached hydrogen (secondary N) is 1. The highest BCUT2D eigenvalue weighted by molar-refractivity contribution is 5.40. The van der Waals surface area contributed by atoms with Gasteiger partial charge < -0.3 is 14.8 Å². The zero-order valence-electron chi connectivity index (χ0n) is 11.9. The summed E-state index contributed by atoms with van der Waals surface area (Å²) in [4.78, 5) is 0. The van der Waals surface area contributed by atoms with Gasteiger partial charge >= 0.3 is 0 Å². The lowest BCUT2D eigenvalue weighted by Gasteiger charge is -2.26. The normalized spacial score (nSPS) is 16.8. The smallest absolute Gasteiger partial charge is 0.161 e. The number of hydrogen-bond donors (Lipinski definition) is 1. The number of hydrogen-bond acceptors (Lipinski definition) is 3. The number of ether oxygens (including phenoxy) is 2. The van der Waals surface area contributed by atoms with E-state index in [2.05, 4.69) is 5.32 Å². The van der Waals surface area contributed by atoms with Crippen molar-refractivity contribution >= 4 is 0 Å². The Hall–Kier alpha value is -2.07. The van der Waals surface area contributed by atoms with Gasteiger partial charge in [-0.15, -0.1) is 0 Å². The van der Waals surface area contributed by atoms with Crippen molar-refractivity contribution in [2.75, 3.05) is 13.2 Å². The predicted molar refractivity (Wildman–Crippen MR) is 79.2 cm³/mol. The molecular weight excluding hydrogens is 269 g/mol. The van der Waals surface area contributed by atoms with Gasteiger partial charge in [-0.1, -0.05) is 24.3 Å². The maximum Gasteiger partial charge on any atom is 0.161 e. The van der Waals surface area contributed by atoms with Gasteiger partial charge in [0, 0.05) is 13.1 Å². The first-order chi connectivity index (χ1) is 10.2. The van der Waals surface area contributed by atoms with Crippen LogP contribution in [0.2, 0.25) is 0 Å². The average molecular weight is 287 g/mol. The highest BCUT2D eigenvalue weighted by Crippen LogP contribution is 2.30. The second-order valence-electron chi connectivity index (χ2n) is 5.21. The zero-order chi connectivity index (χ0) is 14.7. The molecule has 0 bridgehead atoms. The van der Waals surface area contributed by atoms with E-state index in [0.717, 1.165) is 17.1 Å². The van der Waals surface area contributed by atoms with Crippen molar-refractivity contribution in [3.63, 3.8) is 0 Å². The van der Waals surface area contributed by atoms with Crippen molar-refractivity contribution in [3.8, 4) is 11.5 Å². The van der Waals surface area contributed by atoms with E-state index in [0.29, 0.717) is 25.3 Å². The third kappa shape index (κ3) is 3.34. The summed E-state index contributed by atoms with van der Waals surface area (Å²) in [6, 6.07) is 12.9. The average Bonchev–Trinajstić information content (AvgIpc) is 2.51. The molecule has 0 aromatic heterocycles. The molecule has 1 aliphatic heterocycles. The van der Waals surface area contributed by atoms with Crippen LogP contribution in [-0.2, 0) is 6.54 Å². The molecule has 1 heterocycles. The van der Waals surface area contributed by atoms with Crippen LogP contribution in [0.4, 0.5) is 4.39 Å².